The topological polar surface area (TPSA) is 134 Å². The fourth-order valence-corrected chi connectivity index (χ4v) is 5.44. The van der Waals surface area contributed by atoms with Gasteiger partial charge in [0.25, 0.3) is 5.78 Å². The van der Waals surface area contributed by atoms with Crippen molar-refractivity contribution in [1.29, 1.82) is 0 Å². The van der Waals surface area contributed by atoms with Crippen LogP contribution in [0.3, 0.4) is 0 Å². The van der Waals surface area contributed by atoms with Crippen LogP contribution in [0, 0.1) is 6.92 Å². The Balaban J connectivity index is 2.01. The maximum Gasteiger partial charge on any atom is 0.350 e. The average Bonchev–Trinajstić information content (AvgIpc) is 3.47. The Morgan fingerprint density at radius 3 is 2.30 bits per heavy atom. The first-order valence-corrected chi connectivity index (χ1v) is 12.9. The molecule has 3 aromatic rings. The number of aliphatic hydroxyl groups is 1. The van der Waals surface area contributed by atoms with Crippen molar-refractivity contribution in [3.63, 3.8) is 0 Å². The molecule has 40 heavy (non-hydrogen) atoms. The maximum absolute atomic E-state index is 13.6. The van der Waals surface area contributed by atoms with E-state index in [0.29, 0.717) is 29.4 Å². The van der Waals surface area contributed by atoms with Crippen LogP contribution < -0.4 is 23.8 Å². The summed E-state index contributed by atoms with van der Waals surface area (Å²) < 4.78 is 26.8. The molecule has 1 saturated heterocycles. The number of hydrogen-bond donors (Lipinski definition) is 1. The van der Waals surface area contributed by atoms with Crippen molar-refractivity contribution in [1.82, 2.24) is 4.98 Å². The lowest BCUT2D eigenvalue weighted by Gasteiger charge is -2.24. The number of carbonyl (C=O) groups is 3. The van der Waals surface area contributed by atoms with E-state index in [1.807, 2.05) is 6.92 Å². The van der Waals surface area contributed by atoms with Crippen LogP contribution in [0.2, 0.25) is 0 Å². The van der Waals surface area contributed by atoms with E-state index in [-0.39, 0.29) is 32.6 Å². The molecule has 0 saturated carbocycles. The molecule has 1 amide bonds. The minimum atomic E-state index is -1.17. The summed E-state index contributed by atoms with van der Waals surface area (Å²) in [6, 6.07) is 8.54. The molecule has 1 fully saturated rings. The third kappa shape index (κ3) is 4.93. The number of amides is 1. The van der Waals surface area contributed by atoms with Gasteiger partial charge < -0.3 is 28.8 Å². The first-order valence-electron chi connectivity index (χ1n) is 12.1. The predicted molar refractivity (Wildman–Crippen MR) is 147 cm³/mol. The molecule has 1 aliphatic rings. The first kappa shape index (κ1) is 28.4. The number of Topliss-reactive ketones (excluding diaryl/α,β-unsaturated/α-hetero) is 1. The van der Waals surface area contributed by atoms with E-state index >= 15 is 0 Å². The summed E-state index contributed by atoms with van der Waals surface area (Å²) in [6.07, 6.45) is 0. The largest absolute Gasteiger partial charge is 0.507 e. The number of aliphatic hydroxyl groups excluding tert-OH is 1. The number of thiazole rings is 1. The van der Waals surface area contributed by atoms with Crippen LogP contribution in [0.1, 0.15) is 39.5 Å². The summed E-state index contributed by atoms with van der Waals surface area (Å²) in [5, 5.41) is 11.6. The number of ketones is 1. The smallest absolute Gasteiger partial charge is 0.350 e. The van der Waals surface area contributed by atoms with E-state index in [9.17, 15) is 19.5 Å². The molecule has 0 aliphatic carbocycles. The zero-order valence-electron chi connectivity index (χ0n) is 22.8. The van der Waals surface area contributed by atoms with Crippen molar-refractivity contribution in [2.75, 3.05) is 39.9 Å². The fraction of sp³-hybridized carbons (Fsp3) is 0.286. The molecule has 2 aromatic carbocycles. The van der Waals surface area contributed by atoms with Crippen LogP contribution >= 0.6 is 11.3 Å². The van der Waals surface area contributed by atoms with Crippen molar-refractivity contribution in [3.05, 3.63) is 63.7 Å². The van der Waals surface area contributed by atoms with Crippen LogP contribution in [-0.4, -0.2) is 62.8 Å². The van der Waals surface area contributed by atoms with E-state index in [0.717, 1.165) is 16.2 Å². The van der Waals surface area contributed by atoms with E-state index in [4.69, 9.17) is 23.7 Å². The number of anilines is 1. The maximum atomic E-state index is 13.6. The normalized spacial score (nSPS) is 16.1. The molecule has 0 spiro atoms. The van der Waals surface area contributed by atoms with Crippen LogP contribution in [0.15, 0.2) is 42.0 Å². The second kappa shape index (κ2) is 11.7. The zero-order chi connectivity index (χ0) is 29.1. The van der Waals surface area contributed by atoms with Gasteiger partial charge in [-0.2, -0.15) is 0 Å². The minimum absolute atomic E-state index is 0.0702. The lowest BCUT2D eigenvalue weighted by molar-refractivity contribution is -0.132. The van der Waals surface area contributed by atoms with Gasteiger partial charge in [0.15, 0.2) is 16.6 Å². The molecule has 210 valence electrons. The average molecular weight is 569 g/mol. The third-order valence-electron chi connectivity index (χ3n) is 6.23. The Labute approximate surface area is 234 Å². The Morgan fingerprint density at radius 1 is 1.05 bits per heavy atom. The molecule has 1 N–H and O–H groups in total. The molecular weight excluding hydrogens is 540 g/mol. The van der Waals surface area contributed by atoms with Crippen molar-refractivity contribution in [2.24, 2.45) is 0 Å². The standard InChI is InChI=1S/C28H28N2O9S/c1-7-39-17-10-8-9-15(11-17)22(31)20-21(16-12-18(35-3)24(37-5)19(13-16)36-4)30(26(33)23(20)32)28-29-14(2)25(40-28)27(34)38-6/h8-13,21,31H,7H2,1-6H3. The lowest BCUT2D eigenvalue weighted by Crippen LogP contribution is -2.29. The highest BCUT2D eigenvalue weighted by Gasteiger charge is 2.49. The predicted octanol–water partition coefficient (Wildman–Crippen LogP) is 4.29. The lowest BCUT2D eigenvalue weighted by atomic mass is 9.94. The first-order chi connectivity index (χ1) is 19.2. The highest BCUT2D eigenvalue weighted by Crippen LogP contribution is 2.48. The summed E-state index contributed by atoms with van der Waals surface area (Å²) in [5.74, 6) is -1.61. The number of benzene rings is 2. The Bertz CT molecular complexity index is 1490. The number of aryl methyl sites for hydroxylation is 1. The van der Waals surface area contributed by atoms with Gasteiger partial charge in [-0.1, -0.05) is 23.5 Å². The van der Waals surface area contributed by atoms with Gasteiger partial charge in [0.1, 0.15) is 16.4 Å². The van der Waals surface area contributed by atoms with Crippen molar-refractivity contribution >= 4 is 39.9 Å². The van der Waals surface area contributed by atoms with Gasteiger partial charge in [-0.05, 0) is 43.7 Å². The van der Waals surface area contributed by atoms with Gasteiger partial charge in [-0.3, -0.25) is 14.5 Å². The summed E-state index contributed by atoms with van der Waals surface area (Å²) >= 11 is 0.896. The summed E-state index contributed by atoms with van der Waals surface area (Å²) in [4.78, 5) is 45.2. The highest BCUT2D eigenvalue weighted by atomic mass is 32.1. The van der Waals surface area contributed by atoms with E-state index in [2.05, 4.69) is 4.98 Å². The molecule has 1 aromatic heterocycles. The molecule has 1 unspecified atom stereocenters. The van der Waals surface area contributed by atoms with Gasteiger partial charge in [-0.15, -0.1) is 0 Å². The van der Waals surface area contributed by atoms with Gasteiger partial charge in [-0.25, -0.2) is 9.78 Å². The molecule has 1 atom stereocenters. The summed E-state index contributed by atoms with van der Waals surface area (Å²) in [5.41, 5.74) is 0.762. The van der Waals surface area contributed by atoms with E-state index < -0.39 is 29.5 Å². The minimum Gasteiger partial charge on any atom is -0.507 e. The molecular formula is C28H28N2O9S. The van der Waals surface area contributed by atoms with Crippen LogP contribution in [0.5, 0.6) is 23.0 Å². The molecule has 1 aliphatic heterocycles. The quantitative estimate of drug-likeness (QED) is 0.172. The third-order valence-corrected chi connectivity index (χ3v) is 7.36. The Hall–Kier alpha value is -4.58. The van der Waals surface area contributed by atoms with Gasteiger partial charge in [0.2, 0.25) is 5.75 Å². The molecule has 2 heterocycles. The zero-order valence-corrected chi connectivity index (χ0v) is 23.6. The second-order valence-electron chi connectivity index (χ2n) is 8.49. The second-order valence-corrected chi connectivity index (χ2v) is 9.47. The van der Waals surface area contributed by atoms with Gasteiger partial charge in [0, 0.05) is 5.56 Å². The summed E-state index contributed by atoms with van der Waals surface area (Å²) in [7, 11) is 5.55. The molecule has 11 nitrogen and oxygen atoms in total. The van der Waals surface area contributed by atoms with Gasteiger partial charge >= 0.3 is 11.9 Å². The number of rotatable bonds is 9. The van der Waals surface area contributed by atoms with Gasteiger partial charge in [0.05, 0.1) is 52.4 Å². The number of ether oxygens (including phenoxy) is 5. The molecule has 0 radical (unpaired) electrons. The van der Waals surface area contributed by atoms with E-state index in [1.165, 1.54) is 28.4 Å². The molecule has 4 rings (SSSR count). The number of nitrogens with zero attached hydrogens (tertiary/aromatic N) is 2. The number of esters is 1. The van der Waals surface area contributed by atoms with Crippen LogP contribution in [0.25, 0.3) is 5.76 Å². The molecule has 12 heteroatoms. The monoisotopic (exact) mass is 568 g/mol. The number of hydrogen-bond acceptors (Lipinski definition) is 11. The SMILES string of the molecule is CCOc1cccc(C(O)=C2C(=O)C(=O)N(c3nc(C)c(C(=O)OC)s3)C2c2cc(OC)c(OC)c(OC)c2)c1. The summed E-state index contributed by atoms with van der Waals surface area (Å²) in [6.45, 7) is 3.81. The van der Waals surface area contributed by atoms with Crippen LogP contribution in [0.4, 0.5) is 5.13 Å². The number of methoxy groups -OCH3 is 4. The number of aromatic nitrogens is 1. The fourth-order valence-electron chi connectivity index (χ4n) is 4.43. The highest BCUT2D eigenvalue weighted by molar-refractivity contribution is 7.17. The van der Waals surface area contributed by atoms with Crippen molar-refractivity contribution < 1.29 is 43.2 Å². The van der Waals surface area contributed by atoms with Crippen molar-refractivity contribution in [2.45, 2.75) is 19.9 Å². The number of carbonyl (C=O) groups excluding carboxylic acids is 3. The van der Waals surface area contributed by atoms with Crippen LogP contribution in [-0.2, 0) is 14.3 Å². The van der Waals surface area contributed by atoms with E-state index in [1.54, 1.807) is 43.3 Å². The van der Waals surface area contributed by atoms with Crippen molar-refractivity contribution in [3.8, 4) is 23.0 Å². The Kier molecular flexibility index (Phi) is 8.29. The Morgan fingerprint density at radius 2 is 1.73 bits per heavy atom. The molecule has 0 bridgehead atoms.